The highest BCUT2D eigenvalue weighted by Crippen LogP contribution is 2.38. The summed E-state index contributed by atoms with van der Waals surface area (Å²) in [5.41, 5.74) is -0.182. The van der Waals surface area contributed by atoms with E-state index in [4.69, 9.17) is 9.31 Å². The molecule has 1 saturated heterocycles. The summed E-state index contributed by atoms with van der Waals surface area (Å²) in [6.07, 6.45) is 2.99. The number of hydrogen-bond donors (Lipinski definition) is 0. The van der Waals surface area contributed by atoms with Crippen molar-refractivity contribution in [2.45, 2.75) is 45.4 Å². The van der Waals surface area contributed by atoms with Crippen molar-refractivity contribution in [3.63, 3.8) is 0 Å². The summed E-state index contributed by atoms with van der Waals surface area (Å²) in [6, 6.07) is 7.91. The van der Waals surface area contributed by atoms with Crippen molar-refractivity contribution in [2.75, 3.05) is 0 Å². The van der Waals surface area contributed by atoms with Crippen LogP contribution in [0.4, 0.5) is 4.39 Å². The van der Waals surface area contributed by atoms with Crippen LogP contribution in [0.5, 0.6) is 0 Å². The Morgan fingerprint density at radius 1 is 1.20 bits per heavy atom. The van der Waals surface area contributed by atoms with Crippen LogP contribution in [0.25, 0.3) is 6.08 Å². The Balaban J connectivity index is 1.70. The van der Waals surface area contributed by atoms with Crippen LogP contribution in [-0.4, -0.2) is 33.3 Å². The Labute approximate surface area is 155 Å². The number of hydrogen-bond acceptors (Lipinski definition) is 4. The molecule has 2 aromatic rings. The second-order valence-corrected chi connectivity index (χ2v) is 8.00. The molecule has 0 radical (unpaired) electrons. The van der Waals surface area contributed by atoms with Gasteiger partial charge in [0.15, 0.2) is 0 Å². The van der Waals surface area contributed by atoms with Gasteiger partial charge in [-0.1, -0.05) is 33.3 Å². The molecule has 2 heterocycles. The lowest BCUT2D eigenvalue weighted by atomic mass is 9.87. The van der Waals surface area contributed by atoms with Crippen LogP contribution in [0.2, 0.25) is 0 Å². The van der Waals surface area contributed by atoms with Crippen LogP contribution in [0.3, 0.4) is 0 Å². The Bertz CT molecular complexity index is 773. The molecule has 1 aliphatic heterocycles. The third-order valence-electron chi connectivity index (χ3n) is 4.58. The van der Waals surface area contributed by atoms with Gasteiger partial charge in [-0.25, -0.2) is 9.07 Å². The fourth-order valence-corrected chi connectivity index (χ4v) is 2.66. The summed E-state index contributed by atoms with van der Waals surface area (Å²) in [6.45, 7) is 8.10. The number of aromatic nitrogens is 3. The second-order valence-electron chi connectivity index (χ2n) is 7.08. The lowest BCUT2D eigenvalue weighted by molar-refractivity contribution is 0.00578. The fourth-order valence-electron chi connectivity index (χ4n) is 2.40. The maximum Gasteiger partial charge on any atom is 0.525 e. The van der Waals surface area contributed by atoms with E-state index in [1.807, 2.05) is 52.0 Å². The predicted molar refractivity (Wildman–Crippen MR) is 98.4 cm³/mol. The van der Waals surface area contributed by atoms with Crippen molar-refractivity contribution in [1.29, 1.82) is 0 Å². The molecule has 1 aliphatic rings. The SMILES string of the molecule is CC1(C)OB(C(F)=Cc2cn(Cc3ccc(Br)cc3)nn2)OC1(C)C. The lowest BCUT2D eigenvalue weighted by Crippen LogP contribution is -2.41. The van der Waals surface area contributed by atoms with Gasteiger partial charge in [-0.15, -0.1) is 5.10 Å². The van der Waals surface area contributed by atoms with Gasteiger partial charge in [-0.2, -0.15) is 0 Å². The van der Waals surface area contributed by atoms with Gasteiger partial charge in [0, 0.05) is 4.47 Å². The molecule has 1 aromatic carbocycles. The molecule has 1 fully saturated rings. The Morgan fingerprint density at radius 3 is 2.40 bits per heavy atom. The van der Waals surface area contributed by atoms with Gasteiger partial charge in [0.2, 0.25) is 0 Å². The first-order valence-electron chi connectivity index (χ1n) is 8.04. The van der Waals surface area contributed by atoms with Gasteiger partial charge in [0.05, 0.1) is 23.9 Å². The maximum atomic E-state index is 14.5. The first-order chi connectivity index (χ1) is 11.7. The fraction of sp³-hybridized carbons (Fsp3) is 0.412. The summed E-state index contributed by atoms with van der Waals surface area (Å²) >= 11 is 3.40. The highest BCUT2D eigenvalue weighted by molar-refractivity contribution is 9.10. The van der Waals surface area contributed by atoms with Gasteiger partial charge in [-0.05, 0) is 51.5 Å². The van der Waals surface area contributed by atoms with E-state index in [0.717, 1.165) is 10.0 Å². The van der Waals surface area contributed by atoms with Gasteiger partial charge < -0.3 is 9.31 Å². The van der Waals surface area contributed by atoms with Crippen molar-refractivity contribution in [3.8, 4) is 0 Å². The van der Waals surface area contributed by atoms with Gasteiger partial charge in [0.25, 0.3) is 0 Å². The highest BCUT2D eigenvalue weighted by Gasteiger charge is 2.53. The minimum atomic E-state index is -1.03. The third-order valence-corrected chi connectivity index (χ3v) is 5.11. The molecule has 132 valence electrons. The van der Waals surface area contributed by atoms with E-state index in [9.17, 15) is 4.39 Å². The van der Waals surface area contributed by atoms with Crippen molar-refractivity contribution in [3.05, 3.63) is 51.9 Å². The lowest BCUT2D eigenvalue weighted by Gasteiger charge is -2.32. The second kappa shape index (κ2) is 6.66. The Morgan fingerprint density at radius 2 is 1.80 bits per heavy atom. The number of rotatable bonds is 4. The van der Waals surface area contributed by atoms with Crippen LogP contribution in [0.1, 0.15) is 39.0 Å². The average Bonchev–Trinajstić information content (AvgIpc) is 3.03. The Hall–Kier alpha value is -1.51. The van der Waals surface area contributed by atoms with E-state index in [2.05, 4.69) is 26.2 Å². The molecule has 0 bridgehead atoms. The topological polar surface area (TPSA) is 49.2 Å². The van der Waals surface area contributed by atoms with E-state index in [1.165, 1.54) is 6.08 Å². The number of benzene rings is 1. The summed E-state index contributed by atoms with van der Waals surface area (Å²) in [7, 11) is -1.03. The number of nitrogens with zero attached hydrogens (tertiary/aromatic N) is 3. The standard InChI is InChI=1S/C17H20BBrFN3O2/c1-16(2)17(3,4)25-18(24-16)15(20)9-14-11-23(22-21-14)10-12-5-7-13(19)8-6-12/h5-9,11H,10H2,1-4H3. The van der Waals surface area contributed by atoms with Crippen LogP contribution < -0.4 is 0 Å². The van der Waals surface area contributed by atoms with E-state index in [-0.39, 0.29) is 0 Å². The monoisotopic (exact) mass is 407 g/mol. The molecule has 0 unspecified atom stereocenters. The predicted octanol–water partition coefficient (Wildman–Crippen LogP) is 4.03. The molecule has 3 rings (SSSR count). The minimum absolute atomic E-state index is 0.421. The van der Waals surface area contributed by atoms with Crippen LogP contribution >= 0.6 is 15.9 Å². The van der Waals surface area contributed by atoms with Crippen LogP contribution in [0, 0.1) is 0 Å². The van der Waals surface area contributed by atoms with Gasteiger partial charge in [-0.3, -0.25) is 0 Å². The van der Waals surface area contributed by atoms with Gasteiger partial charge in [0.1, 0.15) is 11.4 Å². The van der Waals surface area contributed by atoms with Crippen molar-refractivity contribution in [1.82, 2.24) is 15.0 Å². The highest BCUT2D eigenvalue weighted by atomic mass is 79.9. The largest absolute Gasteiger partial charge is 0.525 e. The zero-order chi connectivity index (χ0) is 18.2. The van der Waals surface area contributed by atoms with Crippen molar-refractivity contribution >= 4 is 29.1 Å². The molecule has 1 aromatic heterocycles. The molecule has 8 heteroatoms. The molecule has 0 amide bonds. The summed E-state index contributed by atoms with van der Waals surface area (Å²) in [5.74, 6) is 0. The minimum Gasteiger partial charge on any atom is -0.398 e. The first-order valence-corrected chi connectivity index (χ1v) is 8.83. The summed E-state index contributed by atoms with van der Waals surface area (Å²) in [4.78, 5) is 0. The summed E-state index contributed by atoms with van der Waals surface area (Å²) in [5, 5.41) is 8.02. The van der Waals surface area contributed by atoms with Crippen molar-refractivity contribution in [2.24, 2.45) is 0 Å². The zero-order valence-electron chi connectivity index (χ0n) is 14.7. The smallest absolute Gasteiger partial charge is 0.398 e. The molecule has 25 heavy (non-hydrogen) atoms. The quantitative estimate of drug-likeness (QED) is 0.718. The van der Waals surface area contributed by atoms with Gasteiger partial charge >= 0.3 is 7.12 Å². The molecule has 0 N–H and O–H groups in total. The van der Waals surface area contributed by atoms with E-state index < -0.39 is 24.0 Å². The molecule has 0 saturated carbocycles. The van der Waals surface area contributed by atoms with E-state index in [1.54, 1.807) is 10.9 Å². The first kappa shape index (κ1) is 18.3. The third kappa shape index (κ3) is 4.02. The molecule has 5 nitrogen and oxygen atoms in total. The van der Waals surface area contributed by atoms with Crippen LogP contribution in [-0.2, 0) is 15.9 Å². The number of halogens is 2. The maximum absolute atomic E-state index is 14.5. The van der Waals surface area contributed by atoms with Crippen molar-refractivity contribution < 1.29 is 13.7 Å². The summed E-state index contributed by atoms with van der Waals surface area (Å²) < 4.78 is 28.5. The van der Waals surface area contributed by atoms with E-state index >= 15 is 0 Å². The molecule has 0 atom stereocenters. The van der Waals surface area contributed by atoms with E-state index in [0.29, 0.717) is 12.2 Å². The average molecular weight is 408 g/mol. The molecular formula is C17H20BBrFN3O2. The normalized spacial score (nSPS) is 19.4. The molecule has 0 aliphatic carbocycles. The molecular weight excluding hydrogens is 388 g/mol. The molecule has 0 spiro atoms. The van der Waals surface area contributed by atoms with Crippen LogP contribution in [0.15, 0.2) is 40.7 Å². The zero-order valence-corrected chi connectivity index (χ0v) is 16.2. The Kier molecular flexibility index (Phi) is 4.87.